The Hall–Kier alpha value is -2.53. The molecule has 0 spiro atoms. The van der Waals surface area contributed by atoms with Gasteiger partial charge in [-0.2, -0.15) is 0 Å². The number of ether oxygens (including phenoxy) is 2. The summed E-state index contributed by atoms with van der Waals surface area (Å²) in [5.41, 5.74) is 1.52. The lowest BCUT2D eigenvalue weighted by Crippen LogP contribution is -2.20. The van der Waals surface area contributed by atoms with Crippen LogP contribution >= 0.6 is 11.6 Å². The van der Waals surface area contributed by atoms with Gasteiger partial charge >= 0.3 is 0 Å². The van der Waals surface area contributed by atoms with E-state index in [1.807, 2.05) is 6.92 Å². The third-order valence-corrected chi connectivity index (χ3v) is 3.62. The molecule has 1 N–H and O–H groups in total. The number of halogens is 2. The highest BCUT2D eigenvalue weighted by Gasteiger charge is 2.11. The van der Waals surface area contributed by atoms with Crippen molar-refractivity contribution in [1.82, 2.24) is 5.32 Å². The van der Waals surface area contributed by atoms with Crippen LogP contribution in [0.1, 0.15) is 18.1 Å². The summed E-state index contributed by atoms with van der Waals surface area (Å²) in [6, 6.07) is 9.35. The first-order chi connectivity index (χ1) is 12.0. The van der Waals surface area contributed by atoms with E-state index in [0.29, 0.717) is 23.1 Å². The lowest BCUT2D eigenvalue weighted by atomic mass is 10.2. The number of methoxy groups -OCH3 is 1. The number of benzene rings is 2. The molecule has 4 nitrogen and oxygen atoms in total. The fourth-order valence-corrected chi connectivity index (χ4v) is 2.44. The molecule has 0 saturated heterocycles. The molecule has 0 heterocycles. The van der Waals surface area contributed by atoms with Gasteiger partial charge in [-0.15, -0.1) is 0 Å². The second kappa shape index (κ2) is 9.08. The molecule has 1 amide bonds. The monoisotopic (exact) mass is 363 g/mol. The molecule has 0 aromatic heterocycles. The summed E-state index contributed by atoms with van der Waals surface area (Å²) in [7, 11) is 1.53. The van der Waals surface area contributed by atoms with Crippen molar-refractivity contribution in [1.29, 1.82) is 0 Å². The zero-order chi connectivity index (χ0) is 18.2. The lowest BCUT2D eigenvalue weighted by molar-refractivity contribution is -0.116. The number of carbonyl (C=O) groups excluding carboxylic acids is 1. The Morgan fingerprint density at radius 1 is 1.28 bits per heavy atom. The van der Waals surface area contributed by atoms with Gasteiger partial charge in [-0.05, 0) is 48.4 Å². The molecule has 132 valence electrons. The first-order valence-electron chi connectivity index (χ1n) is 7.74. The Bertz CT molecular complexity index is 760. The quantitative estimate of drug-likeness (QED) is 0.749. The maximum atomic E-state index is 12.8. The number of hydrogen-bond acceptors (Lipinski definition) is 3. The van der Waals surface area contributed by atoms with Gasteiger partial charge in [0.05, 0.1) is 18.7 Å². The van der Waals surface area contributed by atoms with Crippen molar-refractivity contribution >= 4 is 23.6 Å². The van der Waals surface area contributed by atoms with Gasteiger partial charge in [-0.25, -0.2) is 4.39 Å². The molecule has 0 aliphatic rings. The molecule has 0 atom stereocenters. The highest BCUT2D eigenvalue weighted by atomic mass is 35.5. The van der Waals surface area contributed by atoms with Crippen LogP contribution in [0.3, 0.4) is 0 Å². The molecule has 0 bridgehead atoms. The van der Waals surface area contributed by atoms with E-state index in [0.717, 1.165) is 11.1 Å². The molecule has 2 aromatic carbocycles. The maximum Gasteiger partial charge on any atom is 0.244 e. The van der Waals surface area contributed by atoms with E-state index in [-0.39, 0.29) is 18.3 Å². The minimum atomic E-state index is -0.317. The van der Waals surface area contributed by atoms with Gasteiger partial charge in [-0.3, -0.25) is 4.79 Å². The van der Waals surface area contributed by atoms with Gasteiger partial charge in [0.2, 0.25) is 5.91 Å². The third kappa shape index (κ3) is 5.50. The fraction of sp³-hybridized carbons (Fsp3) is 0.211. The number of amides is 1. The highest BCUT2D eigenvalue weighted by molar-refractivity contribution is 6.32. The van der Waals surface area contributed by atoms with Crippen molar-refractivity contribution in [2.24, 2.45) is 0 Å². The summed E-state index contributed by atoms with van der Waals surface area (Å²) in [5.74, 6) is 0.412. The number of rotatable bonds is 7. The molecular formula is C19H19ClFNO3. The topological polar surface area (TPSA) is 47.6 Å². The van der Waals surface area contributed by atoms with Gasteiger partial charge in [0.15, 0.2) is 11.5 Å². The molecule has 2 aromatic rings. The van der Waals surface area contributed by atoms with Gasteiger partial charge in [0.1, 0.15) is 5.82 Å². The van der Waals surface area contributed by atoms with Gasteiger partial charge < -0.3 is 14.8 Å². The molecule has 25 heavy (non-hydrogen) atoms. The van der Waals surface area contributed by atoms with E-state index in [9.17, 15) is 9.18 Å². The molecule has 0 unspecified atom stereocenters. The van der Waals surface area contributed by atoms with Crippen LogP contribution in [-0.2, 0) is 11.3 Å². The zero-order valence-electron chi connectivity index (χ0n) is 14.0. The second-order valence-corrected chi connectivity index (χ2v) is 5.55. The summed E-state index contributed by atoms with van der Waals surface area (Å²) in [6.45, 7) is 2.62. The second-order valence-electron chi connectivity index (χ2n) is 5.14. The average Bonchev–Trinajstić information content (AvgIpc) is 2.61. The largest absolute Gasteiger partial charge is 0.493 e. The Kier molecular flexibility index (Phi) is 6.83. The smallest absolute Gasteiger partial charge is 0.244 e. The Labute approximate surface area is 151 Å². The predicted molar refractivity (Wildman–Crippen MR) is 96.5 cm³/mol. The van der Waals surface area contributed by atoms with Gasteiger partial charge in [0, 0.05) is 12.6 Å². The van der Waals surface area contributed by atoms with E-state index < -0.39 is 0 Å². The molecule has 0 fully saturated rings. The zero-order valence-corrected chi connectivity index (χ0v) is 14.8. The highest BCUT2D eigenvalue weighted by Crippen LogP contribution is 2.36. The Morgan fingerprint density at radius 2 is 2.00 bits per heavy atom. The van der Waals surface area contributed by atoms with Crippen LogP contribution in [0, 0.1) is 5.82 Å². The predicted octanol–water partition coefficient (Wildman–Crippen LogP) is 4.22. The normalized spacial score (nSPS) is 10.7. The van der Waals surface area contributed by atoms with Crippen molar-refractivity contribution in [2.75, 3.05) is 13.7 Å². The standard InChI is InChI=1S/C19H19ClFNO3/c1-3-25-19-16(20)10-14(11-17(19)24-2)12-22-18(23)9-6-13-4-7-15(21)8-5-13/h4-11H,3,12H2,1-2H3,(H,22,23)/b9-6+. The molecule has 6 heteroatoms. The van der Waals surface area contributed by atoms with Crippen LogP contribution in [0.25, 0.3) is 6.08 Å². The number of hydrogen-bond donors (Lipinski definition) is 1. The molecule has 0 saturated carbocycles. The summed E-state index contributed by atoms with van der Waals surface area (Å²) in [6.07, 6.45) is 3.00. The van der Waals surface area contributed by atoms with Crippen LogP contribution in [0.15, 0.2) is 42.5 Å². The summed E-state index contributed by atoms with van der Waals surface area (Å²) in [4.78, 5) is 11.9. The van der Waals surface area contributed by atoms with Gasteiger partial charge in [0.25, 0.3) is 0 Å². The minimum absolute atomic E-state index is 0.270. The first-order valence-corrected chi connectivity index (χ1v) is 8.12. The number of nitrogens with one attached hydrogen (secondary N) is 1. The third-order valence-electron chi connectivity index (χ3n) is 3.34. The van der Waals surface area contributed by atoms with Crippen molar-refractivity contribution < 1.29 is 18.7 Å². The maximum absolute atomic E-state index is 12.8. The van der Waals surface area contributed by atoms with Gasteiger partial charge in [-0.1, -0.05) is 23.7 Å². The number of carbonyl (C=O) groups is 1. The van der Waals surface area contributed by atoms with Crippen molar-refractivity contribution in [3.05, 3.63) is 64.4 Å². The fourth-order valence-electron chi connectivity index (χ4n) is 2.15. The lowest BCUT2D eigenvalue weighted by Gasteiger charge is -2.13. The van der Waals surface area contributed by atoms with E-state index in [1.54, 1.807) is 30.3 Å². The molecule has 0 radical (unpaired) electrons. The van der Waals surface area contributed by atoms with Crippen molar-refractivity contribution in [3.63, 3.8) is 0 Å². The van der Waals surface area contributed by atoms with E-state index in [1.165, 1.54) is 25.3 Å². The molecule has 0 aliphatic carbocycles. The van der Waals surface area contributed by atoms with E-state index in [2.05, 4.69) is 5.32 Å². The Balaban J connectivity index is 1.99. The molecule has 2 rings (SSSR count). The van der Waals surface area contributed by atoms with E-state index in [4.69, 9.17) is 21.1 Å². The first kappa shape index (κ1) is 18.8. The van der Waals surface area contributed by atoms with Crippen LogP contribution in [-0.4, -0.2) is 19.6 Å². The summed E-state index contributed by atoms with van der Waals surface area (Å²) >= 11 is 6.20. The summed E-state index contributed by atoms with van der Waals surface area (Å²) in [5, 5.41) is 3.18. The Morgan fingerprint density at radius 3 is 2.64 bits per heavy atom. The SMILES string of the molecule is CCOc1c(Cl)cc(CNC(=O)/C=C/c2ccc(F)cc2)cc1OC. The van der Waals surface area contributed by atoms with Crippen LogP contribution in [0.4, 0.5) is 4.39 Å². The van der Waals surface area contributed by atoms with Crippen molar-refractivity contribution in [2.45, 2.75) is 13.5 Å². The van der Waals surface area contributed by atoms with Crippen molar-refractivity contribution in [3.8, 4) is 11.5 Å². The van der Waals surface area contributed by atoms with Crippen LogP contribution < -0.4 is 14.8 Å². The summed E-state index contributed by atoms with van der Waals surface area (Å²) < 4.78 is 23.6. The van der Waals surface area contributed by atoms with Crippen LogP contribution in [0.2, 0.25) is 5.02 Å². The van der Waals surface area contributed by atoms with Crippen LogP contribution in [0.5, 0.6) is 11.5 Å². The molecular weight excluding hydrogens is 345 g/mol. The average molecular weight is 364 g/mol. The minimum Gasteiger partial charge on any atom is -0.493 e. The van der Waals surface area contributed by atoms with E-state index >= 15 is 0 Å². The molecule has 0 aliphatic heterocycles.